The third-order valence-electron chi connectivity index (χ3n) is 3.88. The molecule has 0 amide bonds. The van der Waals surface area contributed by atoms with Crippen molar-refractivity contribution in [1.82, 2.24) is 0 Å². The largest absolute Gasteiger partial charge is 0.293 e. The molecule has 20 heavy (non-hydrogen) atoms. The van der Waals surface area contributed by atoms with E-state index in [4.69, 9.17) is 11.6 Å². The molecule has 3 rings (SSSR count). The van der Waals surface area contributed by atoms with Gasteiger partial charge in [-0.3, -0.25) is 4.79 Å². The van der Waals surface area contributed by atoms with Gasteiger partial charge in [0.25, 0.3) is 0 Å². The molecule has 0 aliphatic heterocycles. The molecule has 1 unspecified atom stereocenters. The Balaban J connectivity index is 2.02. The number of halogens is 2. The van der Waals surface area contributed by atoms with Gasteiger partial charge in [-0.05, 0) is 71.2 Å². The highest BCUT2D eigenvalue weighted by molar-refractivity contribution is 14.1. The van der Waals surface area contributed by atoms with Gasteiger partial charge in [0, 0.05) is 20.1 Å². The molecule has 1 aliphatic rings. The highest BCUT2D eigenvalue weighted by Crippen LogP contribution is 2.35. The maximum Gasteiger partial charge on any atom is 0.171 e. The highest BCUT2D eigenvalue weighted by Gasteiger charge is 2.28. The van der Waals surface area contributed by atoms with E-state index in [2.05, 4.69) is 40.8 Å². The lowest BCUT2D eigenvalue weighted by Gasteiger charge is -2.24. The number of benzene rings is 2. The number of Topliss-reactive ketones (excluding diaryl/α,β-unsaturated/α-hetero) is 1. The van der Waals surface area contributed by atoms with Gasteiger partial charge in [-0.2, -0.15) is 0 Å². The Morgan fingerprint density at radius 3 is 2.85 bits per heavy atom. The van der Waals surface area contributed by atoms with Gasteiger partial charge in [0.05, 0.1) is 0 Å². The molecular formula is C17H14ClIO. The molecule has 0 N–H and O–H groups in total. The van der Waals surface area contributed by atoms with Gasteiger partial charge in [0.2, 0.25) is 0 Å². The summed E-state index contributed by atoms with van der Waals surface area (Å²) < 4.78 is 0.972. The number of fused-ring (bicyclic) bond motifs is 1. The van der Waals surface area contributed by atoms with Crippen LogP contribution in [0.15, 0.2) is 42.5 Å². The van der Waals surface area contributed by atoms with Crippen LogP contribution in [-0.4, -0.2) is 5.78 Å². The topological polar surface area (TPSA) is 17.1 Å². The predicted octanol–water partition coefficient (Wildman–Crippen LogP) is 5.25. The maximum absolute atomic E-state index is 12.9. The molecule has 102 valence electrons. The fraction of sp³-hybridized carbons (Fsp3) is 0.235. The summed E-state index contributed by atoms with van der Waals surface area (Å²) >= 11 is 8.25. The molecule has 2 aromatic carbocycles. The zero-order valence-electron chi connectivity index (χ0n) is 10.9. The Morgan fingerprint density at radius 1 is 1.20 bits per heavy atom. The molecule has 0 aromatic heterocycles. The minimum atomic E-state index is -0.0214. The van der Waals surface area contributed by atoms with Crippen LogP contribution in [0.2, 0.25) is 5.02 Å². The number of carbonyl (C=O) groups excluding carboxylic acids is 1. The summed E-state index contributed by atoms with van der Waals surface area (Å²) in [4.78, 5) is 12.9. The van der Waals surface area contributed by atoms with E-state index in [0.717, 1.165) is 28.4 Å². The first-order valence-corrected chi connectivity index (χ1v) is 8.19. The minimum Gasteiger partial charge on any atom is -0.293 e. The molecule has 1 atom stereocenters. The van der Waals surface area contributed by atoms with Gasteiger partial charge in [-0.1, -0.05) is 35.9 Å². The van der Waals surface area contributed by atoms with Gasteiger partial charge in [-0.25, -0.2) is 0 Å². The molecule has 0 radical (unpaired) electrons. The molecule has 3 heteroatoms. The fourth-order valence-corrected chi connectivity index (χ4v) is 3.67. The zero-order chi connectivity index (χ0) is 14.1. The van der Waals surface area contributed by atoms with Crippen LogP contribution < -0.4 is 0 Å². The molecule has 0 bridgehead atoms. The molecule has 1 nitrogen and oxygen atoms in total. The fourth-order valence-electron chi connectivity index (χ4n) is 2.90. The van der Waals surface area contributed by atoms with Crippen molar-refractivity contribution in [2.24, 2.45) is 0 Å². The van der Waals surface area contributed by atoms with Gasteiger partial charge in [0.1, 0.15) is 0 Å². The summed E-state index contributed by atoms with van der Waals surface area (Å²) in [6.45, 7) is 0. The molecule has 0 saturated heterocycles. The molecule has 0 saturated carbocycles. The zero-order valence-corrected chi connectivity index (χ0v) is 13.8. The summed E-state index contributed by atoms with van der Waals surface area (Å²) in [7, 11) is 0. The Bertz CT molecular complexity index is 666. The quantitative estimate of drug-likeness (QED) is 0.501. The third kappa shape index (κ3) is 2.63. The van der Waals surface area contributed by atoms with Crippen molar-refractivity contribution >= 4 is 40.0 Å². The lowest BCUT2D eigenvalue weighted by atomic mass is 9.79. The van der Waals surface area contributed by atoms with Crippen LogP contribution >= 0.6 is 34.2 Å². The summed E-state index contributed by atoms with van der Waals surface area (Å²) in [5.74, 6) is 0.177. The van der Waals surface area contributed by atoms with Crippen molar-refractivity contribution in [3.8, 4) is 0 Å². The maximum atomic E-state index is 12.9. The standard InChI is InChI=1S/C17H14ClIO/c18-12-8-9-16(19)15(10-12)17(20)14-7-3-5-11-4-1-2-6-13(11)14/h1-2,4,6,8-10,14H,3,5,7H2. The van der Waals surface area contributed by atoms with E-state index in [9.17, 15) is 4.79 Å². The van der Waals surface area contributed by atoms with Crippen LogP contribution in [-0.2, 0) is 6.42 Å². The number of aryl methyl sites for hydroxylation is 1. The van der Waals surface area contributed by atoms with E-state index in [0.29, 0.717) is 5.02 Å². The number of rotatable bonds is 2. The second-order valence-corrected chi connectivity index (χ2v) is 6.73. The predicted molar refractivity (Wildman–Crippen MR) is 90.6 cm³/mol. The molecule has 0 spiro atoms. The van der Waals surface area contributed by atoms with Crippen molar-refractivity contribution in [3.05, 3.63) is 67.7 Å². The van der Waals surface area contributed by atoms with E-state index < -0.39 is 0 Å². The summed E-state index contributed by atoms with van der Waals surface area (Å²) in [6.07, 6.45) is 3.08. The van der Waals surface area contributed by atoms with Crippen LogP contribution in [0.4, 0.5) is 0 Å². The Morgan fingerprint density at radius 2 is 2.00 bits per heavy atom. The van der Waals surface area contributed by atoms with Crippen molar-refractivity contribution in [2.45, 2.75) is 25.2 Å². The van der Waals surface area contributed by atoms with Gasteiger partial charge < -0.3 is 0 Å². The number of hydrogen-bond donors (Lipinski definition) is 0. The van der Waals surface area contributed by atoms with Crippen LogP contribution in [0, 0.1) is 3.57 Å². The molecule has 1 aliphatic carbocycles. The average Bonchev–Trinajstić information content (AvgIpc) is 2.48. The summed E-state index contributed by atoms with van der Waals surface area (Å²) in [6, 6.07) is 13.8. The second-order valence-electron chi connectivity index (χ2n) is 5.13. The van der Waals surface area contributed by atoms with Crippen molar-refractivity contribution in [2.75, 3.05) is 0 Å². The highest BCUT2D eigenvalue weighted by atomic mass is 127. The van der Waals surface area contributed by atoms with E-state index in [1.807, 2.05) is 18.2 Å². The molecular weight excluding hydrogens is 383 g/mol. The van der Waals surface area contributed by atoms with Crippen molar-refractivity contribution in [3.63, 3.8) is 0 Å². The molecule has 0 fully saturated rings. The Kier molecular flexibility index (Phi) is 4.13. The van der Waals surface area contributed by atoms with Crippen LogP contribution in [0.25, 0.3) is 0 Å². The Labute approximate surface area is 137 Å². The smallest absolute Gasteiger partial charge is 0.171 e. The van der Waals surface area contributed by atoms with Gasteiger partial charge >= 0.3 is 0 Å². The first-order valence-electron chi connectivity index (χ1n) is 6.74. The lowest BCUT2D eigenvalue weighted by Crippen LogP contribution is -2.19. The number of ketones is 1. The van der Waals surface area contributed by atoms with Crippen molar-refractivity contribution < 1.29 is 4.79 Å². The second kappa shape index (κ2) is 5.86. The summed E-state index contributed by atoms with van der Waals surface area (Å²) in [5, 5.41) is 0.623. The van der Waals surface area contributed by atoms with E-state index in [1.165, 1.54) is 11.1 Å². The van der Waals surface area contributed by atoms with Crippen LogP contribution in [0.5, 0.6) is 0 Å². The molecule has 0 heterocycles. The first-order chi connectivity index (χ1) is 9.66. The number of hydrogen-bond acceptors (Lipinski definition) is 1. The van der Waals surface area contributed by atoms with E-state index in [-0.39, 0.29) is 11.7 Å². The number of carbonyl (C=O) groups is 1. The van der Waals surface area contributed by atoms with Gasteiger partial charge in [-0.15, -0.1) is 0 Å². The van der Waals surface area contributed by atoms with Crippen molar-refractivity contribution in [1.29, 1.82) is 0 Å². The lowest BCUT2D eigenvalue weighted by molar-refractivity contribution is 0.0950. The van der Waals surface area contributed by atoms with E-state index in [1.54, 1.807) is 6.07 Å². The monoisotopic (exact) mass is 396 g/mol. The summed E-state index contributed by atoms with van der Waals surface area (Å²) in [5.41, 5.74) is 3.26. The average molecular weight is 397 g/mol. The normalized spacial score (nSPS) is 17.6. The molecule has 2 aromatic rings. The van der Waals surface area contributed by atoms with Crippen LogP contribution in [0.3, 0.4) is 0 Å². The third-order valence-corrected chi connectivity index (χ3v) is 5.06. The van der Waals surface area contributed by atoms with E-state index >= 15 is 0 Å². The minimum absolute atomic E-state index is 0.0214. The first kappa shape index (κ1) is 14.1. The SMILES string of the molecule is O=C(c1cc(Cl)ccc1I)C1CCCc2ccccc21. The van der Waals surface area contributed by atoms with Crippen LogP contribution in [0.1, 0.15) is 40.2 Å². The Hall–Kier alpha value is -0.870. The van der Waals surface area contributed by atoms with Gasteiger partial charge in [0.15, 0.2) is 5.78 Å².